The number of esters is 1. The summed E-state index contributed by atoms with van der Waals surface area (Å²) in [6.07, 6.45) is 0.252. The zero-order valence-electron chi connectivity index (χ0n) is 14.4. The highest BCUT2D eigenvalue weighted by atomic mass is 35.5. The zero-order valence-corrected chi connectivity index (χ0v) is 15.1. The van der Waals surface area contributed by atoms with E-state index in [1.807, 2.05) is 0 Å². The molecule has 3 aromatic rings. The van der Waals surface area contributed by atoms with Crippen molar-refractivity contribution in [3.05, 3.63) is 70.2 Å². The van der Waals surface area contributed by atoms with Gasteiger partial charge in [-0.15, -0.1) is 0 Å². The number of carbonyl (C=O) groups is 2. The van der Waals surface area contributed by atoms with Crippen LogP contribution < -0.4 is 10.9 Å². The number of aromatic nitrogens is 2. The molecule has 0 radical (unpaired) electrons. The molecule has 1 atom stereocenters. The maximum Gasteiger partial charge on any atom is 0.326 e. The van der Waals surface area contributed by atoms with Gasteiger partial charge in [0.1, 0.15) is 6.54 Å². The minimum absolute atomic E-state index is 0.338. The number of fused-ring (bicyclic) bond motifs is 1. The molecule has 27 heavy (non-hydrogen) atoms. The maximum atomic E-state index is 12.4. The van der Waals surface area contributed by atoms with Crippen LogP contribution in [0.4, 0.5) is 5.69 Å². The second kappa shape index (κ2) is 8.01. The van der Waals surface area contributed by atoms with Gasteiger partial charge in [0.15, 0.2) is 6.10 Å². The van der Waals surface area contributed by atoms with Crippen LogP contribution in [0.3, 0.4) is 0 Å². The zero-order chi connectivity index (χ0) is 19.4. The number of nitrogens with zero attached hydrogens (tertiary/aromatic N) is 2. The summed E-state index contributed by atoms with van der Waals surface area (Å²) >= 11 is 5.79. The molecule has 0 saturated carbocycles. The molecular weight excluding hydrogens is 370 g/mol. The molecule has 0 aliphatic heterocycles. The Hall–Kier alpha value is -3.19. The summed E-state index contributed by atoms with van der Waals surface area (Å²) in [5.74, 6) is -1.21. The number of nitrogens with one attached hydrogen (secondary N) is 1. The number of amides is 1. The van der Waals surface area contributed by atoms with E-state index in [-0.39, 0.29) is 12.1 Å². The number of anilines is 1. The van der Waals surface area contributed by atoms with Gasteiger partial charge >= 0.3 is 5.97 Å². The van der Waals surface area contributed by atoms with E-state index in [2.05, 4.69) is 10.3 Å². The lowest BCUT2D eigenvalue weighted by Gasteiger charge is -2.14. The fourth-order valence-corrected chi connectivity index (χ4v) is 2.55. The summed E-state index contributed by atoms with van der Waals surface area (Å²) in [6, 6.07) is 13.4. The highest BCUT2D eigenvalue weighted by Gasteiger charge is 2.19. The van der Waals surface area contributed by atoms with Gasteiger partial charge in [0, 0.05) is 10.7 Å². The van der Waals surface area contributed by atoms with E-state index in [9.17, 15) is 14.4 Å². The maximum absolute atomic E-state index is 12.4. The summed E-state index contributed by atoms with van der Waals surface area (Å²) in [6.45, 7) is 1.11. The highest BCUT2D eigenvalue weighted by Crippen LogP contribution is 2.14. The molecule has 0 saturated heterocycles. The first-order valence-corrected chi connectivity index (χ1v) is 8.52. The predicted octanol–water partition coefficient (Wildman–Crippen LogP) is 2.62. The largest absolute Gasteiger partial charge is 0.451 e. The van der Waals surface area contributed by atoms with Crippen LogP contribution in [0.1, 0.15) is 6.92 Å². The lowest BCUT2D eigenvalue weighted by Crippen LogP contribution is -2.33. The van der Waals surface area contributed by atoms with E-state index in [0.717, 1.165) is 4.57 Å². The summed E-state index contributed by atoms with van der Waals surface area (Å²) < 4.78 is 6.26. The van der Waals surface area contributed by atoms with E-state index in [0.29, 0.717) is 21.6 Å². The lowest BCUT2D eigenvalue weighted by molar-refractivity contribution is -0.153. The third-order valence-corrected chi connectivity index (χ3v) is 4.07. The molecule has 0 unspecified atom stereocenters. The average molecular weight is 386 g/mol. The summed E-state index contributed by atoms with van der Waals surface area (Å²) in [4.78, 5) is 40.7. The molecule has 0 aliphatic rings. The van der Waals surface area contributed by atoms with Crippen molar-refractivity contribution in [2.24, 2.45) is 0 Å². The average Bonchev–Trinajstić information content (AvgIpc) is 2.66. The van der Waals surface area contributed by atoms with Crippen LogP contribution in [0, 0.1) is 0 Å². The van der Waals surface area contributed by atoms with E-state index in [1.165, 1.54) is 13.3 Å². The first-order chi connectivity index (χ1) is 12.9. The van der Waals surface area contributed by atoms with Crippen LogP contribution in [-0.2, 0) is 20.9 Å². The fraction of sp³-hybridized carbons (Fsp3) is 0.158. The quantitative estimate of drug-likeness (QED) is 0.682. The molecule has 138 valence electrons. The number of para-hydroxylation sites is 1. The van der Waals surface area contributed by atoms with Crippen molar-refractivity contribution in [2.45, 2.75) is 19.6 Å². The van der Waals surface area contributed by atoms with Gasteiger partial charge in [-0.3, -0.25) is 19.0 Å². The van der Waals surface area contributed by atoms with Crippen molar-refractivity contribution < 1.29 is 14.3 Å². The third-order valence-electron chi connectivity index (χ3n) is 3.82. The van der Waals surface area contributed by atoms with Crippen molar-refractivity contribution >= 4 is 40.1 Å². The van der Waals surface area contributed by atoms with Crippen LogP contribution in [0.5, 0.6) is 0 Å². The molecule has 1 heterocycles. The Labute approximate surface area is 159 Å². The molecule has 0 spiro atoms. The van der Waals surface area contributed by atoms with Gasteiger partial charge in [0.2, 0.25) is 0 Å². The van der Waals surface area contributed by atoms with E-state index >= 15 is 0 Å². The van der Waals surface area contributed by atoms with E-state index < -0.39 is 18.0 Å². The molecule has 1 aromatic heterocycles. The van der Waals surface area contributed by atoms with E-state index in [1.54, 1.807) is 48.5 Å². The SMILES string of the molecule is C[C@H](OC(=O)Cn1cnc2ccccc2c1=O)C(=O)Nc1ccc(Cl)cc1. The van der Waals surface area contributed by atoms with Gasteiger partial charge in [-0.25, -0.2) is 4.98 Å². The second-order valence-electron chi connectivity index (χ2n) is 5.82. The number of hydrogen-bond donors (Lipinski definition) is 1. The molecule has 7 nitrogen and oxygen atoms in total. The normalized spacial score (nSPS) is 11.8. The molecule has 1 amide bonds. The van der Waals surface area contributed by atoms with Gasteiger partial charge in [-0.2, -0.15) is 0 Å². The number of benzene rings is 2. The Morgan fingerprint density at radius 2 is 1.89 bits per heavy atom. The smallest absolute Gasteiger partial charge is 0.326 e. The van der Waals surface area contributed by atoms with Crippen LogP contribution in [0.2, 0.25) is 5.02 Å². The summed E-state index contributed by atoms with van der Waals surface area (Å²) in [5, 5.41) is 3.57. The second-order valence-corrected chi connectivity index (χ2v) is 6.26. The summed E-state index contributed by atoms with van der Waals surface area (Å²) in [5.41, 5.74) is 0.723. The number of ether oxygens (including phenoxy) is 1. The minimum Gasteiger partial charge on any atom is -0.451 e. The van der Waals surface area contributed by atoms with Gasteiger partial charge in [-0.05, 0) is 43.3 Å². The van der Waals surface area contributed by atoms with Crippen molar-refractivity contribution in [3.63, 3.8) is 0 Å². The van der Waals surface area contributed by atoms with Crippen LogP contribution in [-0.4, -0.2) is 27.5 Å². The van der Waals surface area contributed by atoms with Gasteiger partial charge in [-0.1, -0.05) is 23.7 Å². The number of rotatable bonds is 5. The van der Waals surface area contributed by atoms with Crippen molar-refractivity contribution in [1.29, 1.82) is 0 Å². The van der Waals surface area contributed by atoms with Gasteiger partial charge in [0.25, 0.3) is 11.5 Å². The molecule has 0 bridgehead atoms. The van der Waals surface area contributed by atoms with Crippen LogP contribution in [0.25, 0.3) is 10.9 Å². The van der Waals surface area contributed by atoms with E-state index in [4.69, 9.17) is 16.3 Å². The Bertz CT molecular complexity index is 1050. The number of carbonyl (C=O) groups excluding carboxylic acids is 2. The van der Waals surface area contributed by atoms with Gasteiger partial charge in [0.05, 0.1) is 17.2 Å². The standard InChI is InChI=1S/C19H16ClN3O4/c1-12(18(25)22-14-8-6-13(20)7-9-14)27-17(24)10-23-11-21-16-5-3-2-4-15(16)19(23)26/h2-9,11-12H,10H2,1H3,(H,22,25)/t12-/m0/s1. The van der Waals surface area contributed by atoms with Crippen molar-refractivity contribution in [3.8, 4) is 0 Å². The number of halogens is 1. The Balaban J connectivity index is 1.63. The molecule has 3 rings (SSSR count). The Kier molecular flexibility index (Phi) is 5.52. The van der Waals surface area contributed by atoms with Crippen LogP contribution in [0.15, 0.2) is 59.7 Å². The molecule has 0 fully saturated rings. The molecular formula is C19H16ClN3O4. The van der Waals surface area contributed by atoms with Crippen molar-refractivity contribution in [1.82, 2.24) is 9.55 Å². The first kappa shape index (κ1) is 18.6. The topological polar surface area (TPSA) is 90.3 Å². The molecule has 1 N–H and O–H groups in total. The highest BCUT2D eigenvalue weighted by molar-refractivity contribution is 6.30. The third kappa shape index (κ3) is 4.51. The summed E-state index contributed by atoms with van der Waals surface area (Å²) in [7, 11) is 0. The molecule has 8 heteroatoms. The number of hydrogen-bond acceptors (Lipinski definition) is 5. The first-order valence-electron chi connectivity index (χ1n) is 8.14. The Morgan fingerprint density at radius 3 is 2.63 bits per heavy atom. The minimum atomic E-state index is -1.03. The van der Waals surface area contributed by atoms with Gasteiger partial charge < -0.3 is 10.1 Å². The monoisotopic (exact) mass is 385 g/mol. The lowest BCUT2D eigenvalue weighted by atomic mass is 10.2. The van der Waals surface area contributed by atoms with Crippen molar-refractivity contribution in [2.75, 3.05) is 5.32 Å². The molecule has 0 aliphatic carbocycles. The Morgan fingerprint density at radius 1 is 1.19 bits per heavy atom. The van der Waals surface area contributed by atoms with Crippen LogP contribution >= 0.6 is 11.6 Å². The fourth-order valence-electron chi connectivity index (χ4n) is 2.42. The molecule has 2 aromatic carbocycles. The predicted molar refractivity (Wildman–Crippen MR) is 102 cm³/mol.